The Labute approximate surface area is 179 Å². The third kappa shape index (κ3) is 2.32. The first-order valence-electron chi connectivity index (χ1n) is 10.7. The number of aromatic nitrogens is 1. The molecule has 0 atom stereocenters. The smallest absolute Gasteiger partial charge is 0.0545 e. The van der Waals surface area contributed by atoms with Crippen molar-refractivity contribution < 1.29 is 0 Å². The minimum absolute atomic E-state index is 1.18. The number of hydrogen-bond acceptors (Lipinski definition) is 0. The summed E-state index contributed by atoms with van der Waals surface area (Å²) in [5.74, 6) is 0. The van der Waals surface area contributed by atoms with E-state index in [0.717, 1.165) is 0 Å². The molecule has 1 aromatic heterocycles. The molecule has 6 aromatic carbocycles. The molecule has 1 heteroatoms. The summed E-state index contributed by atoms with van der Waals surface area (Å²) in [5.41, 5.74) is 6.10. The third-order valence-corrected chi connectivity index (χ3v) is 6.54. The Kier molecular flexibility index (Phi) is 3.33. The maximum absolute atomic E-state index is 3.83. The van der Waals surface area contributed by atoms with Crippen LogP contribution in [-0.2, 0) is 0 Å². The lowest BCUT2D eigenvalue weighted by molar-refractivity contribution is 1.46. The number of rotatable bonds is 2. The van der Waals surface area contributed by atoms with Crippen LogP contribution in [0.3, 0.4) is 0 Å². The number of aromatic amines is 1. The SMILES string of the molecule is c1ccc(-c2[nH]c3c(cc4ccc5cccc6ccc3c4c56)c2-c2ccccc2)cc1. The number of nitrogens with one attached hydrogen (secondary N) is 1. The molecule has 1 nitrogen and oxygen atoms in total. The summed E-state index contributed by atoms with van der Waals surface area (Å²) in [5, 5.41) is 9.16. The molecule has 7 aromatic rings. The summed E-state index contributed by atoms with van der Waals surface area (Å²) < 4.78 is 0. The highest BCUT2D eigenvalue weighted by atomic mass is 14.7. The van der Waals surface area contributed by atoms with Crippen molar-refractivity contribution in [2.45, 2.75) is 0 Å². The predicted octanol–water partition coefficient (Wildman–Crippen LogP) is 8.40. The molecule has 0 aliphatic heterocycles. The number of H-pyrrole nitrogens is 1. The van der Waals surface area contributed by atoms with Gasteiger partial charge in [-0.15, -0.1) is 0 Å². The first-order valence-corrected chi connectivity index (χ1v) is 10.7. The van der Waals surface area contributed by atoms with Crippen molar-refractivity contribution >= 4 is 43.2 Å². The van der Waals surface area contributed by atoms with Gasteiger partial charge in [0.05, 0.1) is 11.2 Å². The second-order valence-corrected chi connectivity index (χ2v) is 8.26. The quantitative estimate of drug-likeness (QED) is 0.284. The maximum Gasteiger partial charge on any atom is 0.0545 e. The van der Waals surface area contributed by atoms with Crippen LogP contribution in [0, 0.1) is 0 Å². The first-order chi connectivity index (χ1) is 15.4. The summed E-state index contributed by atoms with van der Waals surface area (Å²) in [6.45, 7) is 0. The van der Waals surface area contributed by atoms with Crippen LogP contribution in [0.25, 0.3) is 65.6 Å². The van der Waals surface area contributed by atoms with Crippen LogP contribution in [0.4, 0.5) is 0 Å². The van der Waals surface area contributed by atoms with E-state index in [1.807, 2.05) is 0 Å². The van der Waals surface area contributed by atoms with Gasteiger partial charge in [-0.1, -0.05) is 103 Å². The summed E-state index contributed by atoms with van der Waals surface area (Å²) >= 11 is 0. The van der Waals surface area contributed by atoms with Crippen molar-refractivity contribution in [3.05, 3.63) is 109 Å². The molecule has 0 amide bonds. The number of benzene rings is 6. The average molecular weight is 393 g/mol. The Balaban J connectivity index is 1.70. The number of fused-ring (bicyclic) bond motifs is 2. The summed E-state index contributed by atoms with van der Waals surface area (Å²) in [7, 11) is 0. The minimum Gasteiger partial charge on any atom is -0.353 e. The van der Waals surface area contributed by atoms with Crippen molar-refractivity contribution in [3.8, 4) is 22.4 Å². The Morgan fingerprint density at radius 3 is 1.84 bits per heavy atom. The van der Waals surface area contributed by atoms with Gasteiger partial charge in [-0.05, 0) is 44.1 Å². The van der Waals surface area contributed by atoms with Crippen LogP contribution in [0.2, 0.25) is 0 Å². The van der Waals surface area contributed by atoms with Gasteiger partial charge in [0, 0.05) is 16.3 Å². The molecule has 1 N–H and O–H groups in total. The van der Waals surface area contributed by atoms with E-state index in [4.69, 9.17) is 0 Å². The van der Waals surface area contributed by atoms with Crippen molar-refractivity contribution in [1.82, 2.24) is 4.98 Å². The zero-order valence-corrected chi connectivity index (χ0v) is 16.9. The Bertz CT molecular complexity index is 1690. The van der Waals surface area contributed by atoms with Crippen LogP contribution < -0.4 is 0 Å². The van der Waals surface area contributed by atoms with Gasteiger partial charge < -0.3 is 4.98 Å². The monoisotopic (exact) mass is 393 g/mol. The molecule has 0 saturated carbocycles. The van der Waals surface area contributed by atoms with Gasteiger partial charge in [-0.2, -0.15) is 0 Å². The first kappa shape index (κ1) is 16.7. The molecule has 0 fully saturated rings. The molecule has 0 unspecified atom stereocenters. The molecule has 0 aliphatic rings. The molecular weight excluding hydrogens is 374 g/mol. The van der Waals surface area contributed by atoms with Gasteiger partial charge in [0.1, 0.15) is 0 Å². The van der Waals surface area contributed by atoms with Crippen molar-refractivity contribution in [2.75, 3.05) is 0 Å². The average Bonchev–Trinajstić information content (AvgIpc) is 3.23. The molecule has 144 valence electrons. The summed E-state index contributed by atoms with van der Waals surface area (Å²) in [6, 6.07) is 39.4. The van der Waals surface area contributed by atoms with Crippen LogP contribution in [-0.4, -0.2) is 4.98 Å². The highest BCUT2D eigenvalue weighted by molar-refractivity contribution is 6.30. The van der Waals surface area contributed by atoms with Gasteiger partial charge in [0.15, 0.2) is 0 Å². The Hall–Kier alpha value is -4.10. The highest BCUT2D eigenvalue weighted by Gasteiger charge is 2.19. The molecule has 1 heterocycles. The topological polar surface area (TPSA) is 15.8 Å². The lowest BCUT2D eigenvalue weighted by Gasteiger charge is -2.12. The van der Waals surface area contributed by atoms with E-state index in [2.05, 4.69) is 114 Å². The lowest BCUT2D eigenvalue weighted by Crippen LogP contribution is -1.85. The van der Waals surface area contributed by atoms with Gasteiger partial charge >= 0.3 is 0 Å². The lowest BCUT2D eigenvalue weighted by atomic mass is 9.91. The van der Waals surface area contributed by atoms with Gasteiger partial charge in [-0.25, -0.2) is 0 Å². The van der Waals surface area contributed by atoms with E-state index in [1.54, 1.807) is 0 Å². The normalized spacial score (nSPS) is 11.9. The van der Waals surface area contributed by atoms with Crippen molar-refractivity contribution in [2.24, 2.45) is 0 Å². The minimum atomic E-state index is 1.18. The molecule has 0 saturated heterocycles. The van der Waals surface area contributed by atoms with Gasteiger partial charge in [0.25, 0.3) is 0 Å². The molecule has 31 heavy (non-hydrogen) atoms. The van der Waals surface area contributed by atoms with Crippen molar-refractivity contribution in [3.63, 3.8) is 0 Å². The predicted molar refractivity (Wildman–Crippen MR) is 133 cm³/mol. The fourth-order valence-corrected chi connectivity index (χ4v) is 5.19. The molecule has 0 aliphatic carbocycles. The van der Waals surface area contributed by atoms with Gasteiger partial charge in [0.2, 0.25) is 0 Å². The Morgan fingerprint density at radius 2 is 1.10 bits per heavy atom. The largest absolute Gasteiger partial charge is 0.353 e. The fourth-order valence-electron chi connectivity index (χ4n) is 5.19. The van der Waals surface area contributed by atoms with E-state index in [1.165, 1.54) is 65.6 Å². The second-order valence-electron chi connectivity index (χ2n) is 8.26. The standard InChI is InChI=1S/C30H19N/c1-3-8-19(9-4-1)28-25-18-23-15-14-20-12-7-13-21-16-17-24(27(23)26(20)21)30(25)31-29(28)22-10-5-2-6-11-22/h1-18,31H. The van der Waals surface area contributed by atoms with E-state index in [-0.39, 0.29) is 0 Å². The zero-order valence-electron chi connectivity index (χ0n) is 16.9. The second kappa shape index (κ2) is 6.20. The van der Waals surface area contributed by atoms with Crippen LogP contribution in [0.15, 0.2) is 109 Å². The van der Waals surface area contributed by atoms with E-state index in [9.17, 15) is 0 Å². The molecule has 7 rings (SSSR count). The Morgan fingerprint density at radius 1 is 0.452 bits per heavy atom. The van der Waals surface area contributed by atoms with Gasteiger partial charge in [-0.3, -0.25) is 0 Å². The zero-order chi connectivity index (χ0) is 20.4. The molecule has 0 bridgehead atoms. The molecule has 0 radical (unpaired) electrons. The number of hydrogen-bond donors (Lipinski definition) is 1. The van der Waals surface area contributed by atoms with Crippen LogP contribution in [0.5, 0.6) is 0 Å². The fraction of sp³-hybridized carbons (Fsp3) is 0. The van der Waals surface area contributed by atoms with E-state index < -0.39 is 0 Å². The van der Waals surface area contributed by atoms with Crippen LogP contribution >= 0.6 is 0 Å². The summed E-state index contributed by atoms with van der Waals surface area (Å²) in [4.78, 5) is 3.83. The van der Waals surface area contributed by atoms with E-state index in [0.29, 0.717) is 0 Å². The van der Waals surface area contributed by atoms with Crippen LogP contribution in [0.1, 0.15) is 0 Å². The highest BCUT2D eigenvalue weighted by Crippen LogP contribution is 2.44. The summed E-state index contributed by atoms with van der Waals surface area (Å²) in [6.07, 6.45) is 0. The van der Waals surface area contributed by atoms with E-state index >= 15 is 0 Å². The van der Waals surface area contributed by atoms with Crippen molar-refractivity contribution in [1.29, 1.82) is 0 Å². The maximum atomic E-state index is 3.83. The molecular formula is C30H19N. The third-order valence-electron chi connectivity index (χ3n) is 6.54. The molecule has 0 spiro atoms.